The number of nitrogens with one attached hydrogen (secondary N) is 2. The van der Waals surface area contributed by atoms with Crippen molar-refractivity contribution in [3.05, 3.63) is 29.8 Å². The molecule has 0 fully saturated rings. The second-order valence-corrected chi connectivity index (χ2v) is 6.32. The Kier molecular flexibility index (Phi) is 7.89. The average molecular weight is 333 g/mol. The maximum Gasteiger partial charge on any atom is 0.191 e. The summed E-state index contributed by atoms with van der Waals surface area (Å²) in [5.74, 6) is 2.27. The van der Waals surface area contributed by atoms with E-state index in [2.05, 4.69) is 41.6 Å². The maximum atomic E-state index is 9.17. The van der Waals surface area contributed by atoms with Gasteiger partial charge in [0.2, 0.25) is 0 Å². The topological polar surface area (TPSA) is 65.9 Å². The van der Waals surface area contributed by atoms with Crippen LogP contribution in [0.1, 0.15) is 38.7 Å². The van der Waals surface area contributed by atoms with Crippen LogP contribution in [0.4, 0.5) is 0 Å². The Labute approximate surface area is 145 Å². The second-order valence-electron chi connectivity index (χ2n) is 6.32. The predicted molar refractivity (Wildman–Crippen MR) is 98.6 cm³/mol. The molecule has 1 aromatic rings. The Morgan fingerprint density at radius 2 is 2.12 bits per heavy atom. The molecule has 1 aliphatic rings. The van der Waals surface area contributed by atoms with Gasteiger partial charge in [-0.2, -0.15) is 0 Å². The average Bonchev–Trinajstić information content (AvgIpc) is 3.00. The van der Waals surface area contributed by atoms with Gasteiger partial charge in [0.05, 0.1) is 6.54 Å². The number of hydrogen-bond donors (Lipinski definition) is 3. The first kappa shape index (κ1) is 18.6. The third kappa shape index (κ3) is 5.71. The highest BCUT2D eigenvalue weighted by atomic mass is 16.5. The number of aliphatic hydroxyl groups excluding tert-OH is 1. The van der Waals surface area contributed by atoms with Gasteiger partial charge in [-0.05, 0) is 37.3 Å². The van der Waals surface area contributed by atoms with E-state index in [0.29, 0.717) is 5.92 Å². The van der Waals surface area contributed by atoms with Crippen molar-refractivity contribution in [2.75, 3.05) is 26.2 Å². The van der Waals surface area contributed by atoms with Gasteiger partial charge in [-0.3, -0.25) is 4.99 Å². The van der Waals surface area contributed by atoms with Gasteiger partial charge in [0.25, 0.3) is 0 Å². The number of fused-ring (bicyclic) bond motifs is 1. The Hall–Kier alpha value is -1.75. The zero-order chi connectivity index (χ0) is 17.2. The molecule has 1 heterocycles. The lowest BCUT2D eigenvalue weighted by molar-refractivity contribution is 0.234. The van der Waals surface area contributed by atoms with Gasteiger partial charge < -0.3 is 20.5 Å². The molecule has 2 atom stereocenters. The van der Waals surface area contributed by atoms with Crippen LogP contribution >= 0.6 is 0 Å². The molecule has 0 spiro atoms. The quantitative estimate of drug-likeness (QED) is 0.479. The minimum absolute atomic E-state index is 0.148. The van der Waals surface area contributed by atoms with Crippen LogP contribution in [0.2, 0.25) is 0 Å². The molecule has 0 bridgehead atoms. The summed E-state index contributed by atoms with van der Waals surface area (Å²) in [5.41, 5.74) is 1.28. The summed E-state index contributed by atoms with van der Waals surface area (Å²) >= 11 is 0. The van der Waals surface area contributed by atoms with Crippen molar-refractivity contribution in [3.63, 3.8) is 0 Å². The molecule has 5 nitrogen and oxygen atoms in total. The monoisotopic (exact) mass is 333 g/mol. The molecule has 2 unspecified atom stereocenters. The van der Waals surface area contributed by atoms with Crippen LogP contribution in [-0.2, 0) is 6.42 Å². The SMILES string of the molecule is CCCC(CCO)CN=C(NCC)NCC1Cc2ccccc2O1. The van der Waals surface area contributed by atoms with E-state index in [9.17, 15) is 0 Å². The van der Waals surface area contributed by atoms with Gasteiger partial charge in [-0.25, -0.2) is 0 Å². The fourth-order valence-electron chi connectivity index (χ4n) is 3.06. The van der Waals surface area contributed by atoms with Crippen molar-refractivity contribution < 1.29 is 9.84 Å². The Bertz CT molecular complexity index is 488. The van der Waals surface area contributed by atoms with Crippen LogP contribution < -0.4 is 15.4 Å². The van der Waals surface area contributed by atoms with Gasteiger partial charge in [0, 0.05) is 26.1 Å². The number of ether oxygens (including phenoxy) is 1. The zero-order valence-electron chi connectivity index (χ0n) is 14.9. The number of aliphatic imine (C=N–C) groups is 1. The molecule has 0 aliphatic carbocycles. The van der Waals surface area contributed by atoms with Crippen molar-refractivity contribution in [1.29, 1.82) is 0 Å². The summed E-state index contributed by atoms with van der Waals surface area (Å²) in [6, 6.07) is 8.21. The minimum Gasteiger partial charge on any atom is -0.488 e. The van der Waals surface area contributed by atoms with Crippen molar-refractivity contribution in [1.82, 2.24) is 10.6 Å². The number of rotatable bonds is 9. The Morgan fingerprint density at radius 1 is 1.29 bits per heavy atom. The first-order valence-corrected chi connectivity index (χ1v) is 9.14. The van der Waals surface area contributed by atoms with E-state index in [1.807, 2.05) is 12.1 Å². The van der Waals surface area contributed by atoms with Crippen LogP contribution in [0.3, 0.4) is 0 Å². The standard InChI is InChI=1S/C19H31N3O2/c1-3-7-15(10-11-23)13-21-19(20-4-2)22-14-17-12-16-8-5-6-9-18(16)24-17/h5-6,8-9,15,17,23H,3-4,7,10-14H2,1-2H3,(H2,20,21,22). The molecule has 1 aliphatic heterocycles. The molecule has 0 radical (unpaired) electrons. The number of para-hydroxylation sites is 1. The molecule has 0 saturated heterocycles. The Morgan fingerprint density at radius 3 is 2.83 bits per heavy atom. The third-order valence-electron chi connectivity index (χ3n) is 4.30. The van der Waals surface area contributed by atoms with Crippen molar-refractivity contribution in [3.8, 4) is 5.75 Å². The van der Waals surface area contributed by atoms with Gasteiger partial charge in [0.15, 0.2) is 5.96 Å². The number of benzene rings is 1. The fourth-order valence-corrected chi connectivity index (χ4v) is 3.06. The van der Waals surface area contributed by atoms with Gasteiger partial charge in [-0.15, -0.1) is 0 Å². The lowest BCUT2D eigenvalue weighted by atomic mass is 10.0. The predicted octanol–water partition coefficient (Wildman–Crippen LogP) is 2.34. The van der Waals surface area contributed by atoms with Crippen LogP contribution in [0.25, 0.3) is 0 Å². The van der Waals surface area contributed by atoms with E-state index >= 15 is 0 Å². The van der Waals surface area contributed by atoms with E-state index in [1.165, 1.54) is 5.56 Å². The van der Waals surface area contributed by atoms with E-state index in [4.69, 9.17) is 9.84 Å². The number of hydrogen-bond acceptors (Lipinski definition) is 3. The van der Waals surface area contributed by atoms with Crippen LogP contribution in [0, 0.1) is 5.92 Å². The van der Waals surface area contributed by atoms with Crippen molar-refractivity contribution >= 4 is 5.96 Å². The first-order chi connectivity index (χ1) is 11.8. The normalized spacial score (nSPS) is 18.0. The summed E-state index contributed by atoms with van der Waals surface area (Å²) in [6.07, 6.45) is 4.13. The molecule has 0 aromatic heterocycles. The van der Waals surface area contributed by atoms with Gasteiger partial charge in [0.1, 0.15) is 11.9 Å². The van der Waals surface area contributed by atoms with Gasteiger partial charge >= 0.3 is 0 Å². The van der Waals surface area contributed by atoms with Gasteiger partial charge in [-0.1, -0.05) is 31.5 Å². The fraction of sp³-hybridized carbons (Fsp3) is 0.632. The van der Waals surface area contributed by atoms with Crippen LogP contribution in [0.15, 0.2) is 29.3 Å². The molecular weight excluding hydrogens is 302 g/mol. The number of aliphatic hydroxyl groups is 1. The molecule has 1 aromatic carbocycles. The van der Waals surface area contributed by atoms with Crippen LogP contribution in [0.5, 0.6) is 5.75 Å². The van der Waals surface area contributed by atoms with Crippen molar-refractivity contribution in [2.24, 2.45) is 10.9 Å². The lowest BCUT2D eigenvalue weighted by Gasteiger charge is -2.17. The zero-order valence-corrected chi connectivity index (χ0v) is 14.9. The molecule has 134 valence electrons. The van der Waals surface area contributed by atoms with E-state index in [1.54, 1.807) is 0 Å². The molecule has 3 N–H and O–H groups in total. The third-order valence-corrected chi connectivity index (χ3v) is 4.30. The highest BCUT2D eigenvalue weighted by Crippen LogP contribution is 2.27. The summed E-state index contributed by atoms with van der Waals surface area (Å²) in [7, 11) is 0. The Balaban J connectivity index is 1.83. The summed E-state index contributed by atoms with van der Waals surface area (Å²) in [5, 5.41) is 15.8. The largest absolute Gasteiger partial charge is 0.488 e. The van der Waals surface area contributed by atoms with Crippen molar-refractivity contribution in [2.45, 2.75) is 45.6 Å². The van der Waals surface area contributed by atoms with E-state index in [-0.39, 0.29) is 12.7 Å². The molecule has 0 saturated carbocycles. The maximum absolute atomic E-state index is 9.17. The number of guanidine groups is 1. The summed E-state index contributed by atoms with van der Waals surface area (Å²) in [6.45, 7) is 6.78. The molecular formula is C19H31N3O2. The summed E-state index contributed by atoms with van der Waals surface area (Å²) in [4.78, 5) is 4.69. The van der Waals surface area contributed by atoms with Crippen LogP contribution in [-0.4, -0.2) is 43.4 Å². The van der Waals surface area contributed by atoms with E-state index < -0.39 is 0 Å². The second kappa shape index (κ2) is 10.2. The highest BCUT2D eigenvalue weighted by Gasteiger charge is 2.22. The smallest absolute Gasteiger partial charge is 0.191 e. The minimum atomic E-state index is 0.148. The number of nitrogens with zero attached hydrogens (tertiary/aromatic N) is 1. The first-order valence-electron chi connectivity index (χ1n) is 9.14. The summed E-state index contributed by atoms with van der Waals surface area (Å²) < 4.78 is 5.96. The highest BCUT2D eigenvalue weighted by molar-refractivity contribution is 5.79. The van der Waals surface area contributed by atoms with E-state index in [0.717, 1.165) is 57.0 Å². The molecule has 5 heteroatoms. The molecule has 0 amide bonds. The molecule has 24 heavy (non-hydrogen) atoms. The molecule has 2 rings (SSSR count). The lowest BCUT2D eigenvalue weighted by Crippen LogP contribution is -2.42.